The second-order valence-electron chi connectivity index (χ2n) is 11.4. The van der Waals surface area contributed by atoms with Gasteiger partial charge in [-0.2, -0.15) is 4.98 Å². The lowest BCUT2D eigenvalue weighted by Crippen LogP contribution is -2.56. The first kappa shape index (κ1) is 26.3. The van der Waals surface area contributed by atoms with E-state index in [9.17, 15) is 4.79 Å². The van der Waals surface area contributed by atoms with Crippen LogP contribution in [0, 0.1) is 5.92 Å². The molecule has 6 rings (SSSR count). The van der Waals surface area contributed by atoms with Gasteiger partial charge in [0.1, 0.15) is 5.82 Å². The number of hydrogen-bond donors (Lipinski definition) is 2. The van der Waals surface area contributed by atoms with Crippen LogP contribution in [0.2, 0.25) is 0 Å². The van der Waals surface area contributed by atoms with Gasteiger partial charge in [-0.25, -0.2) is 4.98 Å². The molecule has 1 aliphatic carbocycles. The predicted octanol–water partition coefficient (Wildman–Crippen LogP) is 5.26. The van der Waals surface area contributed by atoms with Gasteiger partial charge in [-0.1, -0.05) is 72.8 Å². The molecule has 1 saturated heterocycles. The molecule has 2 heterocycles. The summed E-state index contributed by atoms with van der Waals surface area (Å²) in [5.74, 6) is 1.84. The lowest BCUT2D eigenvalue weighted by molar-refractivity contribution is -0.132. The molecule has 3 aromatic carbocycles. The van der Waals surface area contributed by atoms with Crippen molar-refractivity contribution in [3.05, 3.63) is 96.1 Å². The van der Waals surface area contributed by atoms with Crippen molar-refractivity contribution in [1.82, 2.24) is 20.2 Å². The number of hydrogen-bond acceptors (Lipinski definition) is 6. The van der Waals surface area contributed by atoms with E-state index < -0.39 is 0 Å². The minimum absolute atomic E-state index is 0.0428. The van der Waals surface area contributed by atoms with Crippen LogP contribution in [-0.4, -0.2) is 60.0 Å². The zero-order valence-corrected chi connectivity index (χ0v) is 23.3. The monoisotopic (exact) mass is 534 g/mol. The SMILES string of the molecule is CN(C)c1nc(N[C@H]2CC[C@@H](NC(=O)C3CN(C(c4ccccc4)c4ccccc4)C3)CC2)nc2ccccc12. The highest BCUT2D eigenvalue weighted by atomic mass is 16.2. The van der Waals surface area contributed by atoms with E-state index in [2.05, 4.69) is 82.3 Å². The Morgan fingerprint density at radius 2 is 1.38 bits per heavy atom. The van der Waals surface area contributed by atoms with E-state index in [0.29, 0.717) is 12.0 Å². The number of aromatic nitrogens is 2. The van der Waals surface area contributed by atoms with Crippen LogP contribution in [0.3, 0.4) is 0 Å². The maximum Gasteiger partial charge on any atom is 0.225 e. The van der Waals surface area contributed by atoms with Crippen molar-refractivity contribution in [3.63, 3.8) is 0 Å². The third kappa shape index (κ3) is 5.65. The second kappa shape index (κ2) is 11.6. The standard InChI is InChI=1S/C33H38N6O/c1-38(2)31-28-15-9-10-16-29(28)36-33(37-31)35-27-19-17-26(18-20-27)34-32(40)25-21-39(22-25)30(23-11-5-3-6-12-23)24-13-7-4-8-14-24/h3-16,25-27,30H,17-22H2,1-2H3,(H,34,40)(H,35,36,37)/t26-,27+. The summed E-state index contributed by atoms with van der Waals surface area (Å²) in [6.07, 6.45) is 3.90. The summed E-state index contributed by atoms with van der Waals surface area (Å²) in [4.78, 5) is 27.2. The van der Waals surface area contributed by atoms with Gasteiger partial charge < -0.3 is 15.5 Å². The van der Waals surface area contributed by atoms with Crippen LogP contribution in [0.5, 0.6) is 0 Å². The number of anilines is 2. The largest absolute Gasteiger partial charge is 0.362 e. The molecule has 206 valence electrons. The Bertz CT molecular complexity index is 1390. The van der Waals surface area contributed by atoms with Crippen LogP contribution in [0.25, 0.3) is 10.9 Å². The Kier molecular flexibility index (Phi) is 7.64. The van der Waals surface area contributed by atoms with E-state index in [1.807, 2.05) is 37.2 Å². The van der Waals surface area contributed by atoms with Gasteiger partial charge in [0.05, 0.1) is 17.5 Å². The topological polar surface area (TPSA) is 73.4 Å². The minimum atomic E-state index is 0.0428. The summed E-state index contributed by atoms with van der Waals surface area (Å²) >= 11 is 0. The average Bonchev–Trinajstić information content (AvgIpc) is 2.96. The van der Waals surface area contributed by atoms with Crippen LogP contribution in [0.4, 0.5) is 11.8 Å². The molecule has 2 N–H and O–H groups in total. The molecule has 0 unspecified atom stereocenters. The van der Waals surface area contributed by atoms with Crippen LogP contribution >= 0.6 is 0 Å². The molecule has 0 spiro atoms. The van der Waals surface area contributed by atoms with Crippen LogP contribution in [-0.2, 0) is 4.79 Å². The van der Waals surface area contributed by atoms with Gasteiger partial charge in [0.25, 0.3) is 0 Å². The molecule has 7 heteroatoms. The number of nitrogens with one attached hydrogen (secondary N) is 2. The Labute approximate surface area is 236 Å². The zero-order chi connectivity index (χ0) is 27.5. The van der Waals surface area contributed by atoms with Crippen LogP contribution in [0.1, 0.15) is 42.9 Å². The molecule has 0 radical (unpaired) electrons. The second-order valence-corrected chi connectivity index (χ2v) is 11.4. The smallest absolute Gasteiger partial charge is 0.225 e. The van der Waals surface area contributed by atoms with Crippen molar-refractivity contribution < 1.29 is 4.79 Å². The van der Waals surface area contributed by atoms with E-state index in [1.165, 1.54) is 11.1 Å². The molecule has 2 fully saturated rings. The summed E-state index contributed by atoms with van der Waals surface area (Å²) in [5.41, 5.74) is 3.49. The fourth-order valence-corrected chi connectivity index (χ4v) is 6.12. The molecule has 2 aliphatic rings. The molecule has 40 heavy (non-hydrogen) atoms. The summed E-state index contributed by atoms with van der Waals surface area (Å²) in [6, 6.07) is 30.0. The molecule has 4 aromatic rings. The van der Waals surface area contributed by atoms with Gasteiger partial charge in [-0.15, -0.1) is 0 Å². The van der Waals surface area contributed by atoms with Crippen LogP contribution in [0.15, 0.2) is 84.9 Å². The molecular weight excluding hydrogens is 496 g/mol. The van der Waals surface area contributed by atoms with Crippen LogP contribution < -0.4 is 15.5 Å². The molecule has 1 saturated carbocycles. The summed E-state index contributed by atoms with van der Waals surface area (Å²) < 4.78 is 0. The Morgan fingerprint density at radius 3 is 2.00 bits per heavy atom. The van der Waals surface area contributed by atoms with Crippen molar-refractivity contribution in [2.45, 2.75) is 43.8 Å². The number of nitrogens with zero attached hydrogens (tertiary/aromatic N) is 4. The van der Waals surface area contributed by atoms with Gasteiger partial charge in [0.2, 0.25) is 11.9 Å². The van der Waals surface area contributed by atoms with E-state index in [-0.39, 0.29) is 23.9 Å². The van der Waals surface area contributed by atoms with Gasteiger partial charge in [-0.05, 0) is 48.9 Å². The maximum atomic E-state index is 13.2. The minimum Gasteiger partial charge on any atom is -0.362 e. The molecule has 1 aromatic heterocycles. The fourth-order valence-electron chi connectivity index (χ4n) is 6.12. The van der Waals surface area contributed by atoms with E-state index in [0.717, 1.165) is 55.5 Å². The molecule has 1 aliphatic heterocycles. The third-order valence-corrected chi connectivity index (χ3v) is 8.29. The summed E-state index contributed by atoms with van der Waals surface area (Å²) in [6.45, 7) is 1.56. The molecule has 0 atom stereocenters. The molecule has 1 amide bonds. The molecule has 0 bridgehead atoms. The lowest BCUT2D eigenvalue weighted by Gasteiger charge is -2.44. The van der Waals surface area contributed by atoms with Crippen molar-refractivity contribution >= 4 is 28.6 Å². The maximum absolute atomic E-state index is 13.2. The Hall–Kier alpha value is -3.97. The van der Waals surface area contributed by atoms with Crippen molar-refractivity contribution in [3.8, 4) is 0 Å². The normalized spacial score (nSPS) is 19.8. The Balaban J connectivity index is 1.02. The van der Waals surface area contributed by atoms with Gasteiger partial charge in [0.15, 0.2) is 0 Å². The first-order valence-electron chi connectivity index (χ1n) is 14.4. The number of benzene rings is 3. The summed E-state index contributed by atoms with van der Waals surface area (Å²) in [7, 11) is 4.02. The number of rotatable bonds is 8. The number of para-hydroxylation sites is 1. The van der Waals surface area contributed by atoms with E-state index in [4.69, 9.17) is 9.97 Å². The summed E-state index contributed by atoms with van der Waals surface area (Å²) in [5, 5.41) is 7.98. The number of carbonyl (C=O) groups excluding carboxylic acids is 1. The van der Waals surface area contributed by atoms with Crippen molar-refractivity contribution in [2.75, 3.05) is 37.4 Å². The Morgan fingerprint density at radius 1 is 0.800 bits per heavy atom. The van der Waals surface area contributed by atoms with Gasteiger partial charge in [0, 0.05) is 44.7 Å². The molecular formula is C33H38N6O. The zero-order valence-electron chi connectivity index (χ0n) is 23.3. The number of amides is 1. The highest BCUT2D eigenvalue weighted by Crippen LogP contribution is 2.34. The molecule has 7 nitrogen and oxygen atoms in total. The first-order chi connectivity index (χ1) is 19.5. The van der Waals surface area contributed by atoms with E-state index >= 15 is 0 Å². The number of fused-ring (bicyclic) bond motifs is 1. The first-order valence-corrected chi connectivity index (χ1v) is 14.4. The number of likely N-dealkylation sites (tertiary alicyclic amines) is 1. The average molecular weight is 535 g/mol. The predicted molar refractivity (Wildman–Crippen MR) is 161 cm³/mol. The third-order valence-electron chi connectivity index (χ3n) is 8.29. The van der Waals surface area contributed by atoms with Crippen molar-refractivity contribution in [2.24, 2.45) is 5.92 Å². The van der Waals surface area contributed by atoms with E-state index in [1.54, 1.807) is 0 Å². The van der Waals surface area contributed by atoms with Gasteiger partial charge >= 0.3 is 0 Å². The highest BCUT2D eigenvalue weighted by molar-refractivity contribution is 5.90. The quantitative estimate of drug-likeness (QED) is 0.321. The number of carbonyl (C=O) groups is 1. The fraction of sp³-hybridized carbons (Fsp3) is 0.364. The highest BCUT2D eigenvalue weighted by Gasteiger charge is 2.38. The van der Waals surface area contributed by atoms with Crippen molar-refractivity contribution in [1.29, 1.82) is 0 Å². The lowest BCUT2D eigenvalue weighted by atomic mass is 9.88. The van der Waals surface area contributed by atoms with Gasteiger partial charge in [-0.3, -0.25) is 9.69 Å².